The number of aromatic amines is 1. The zero-order chi connectivity index (χ0) is 14.9. The van der Waals surface area contributed by atoms with E-state index in [1.807, 2.05) is 25.1 Å². The molecule has 2 aromatic rings. The van der Waals surface area contributed by atoms with Crippen LogP contribution in [0.2, 0.25) is 0 Å². The summed E-state index contributed by atoms with van der Waals surface area (Å²) in [5, 5.41) is 4.12. The summed E-state index contributed by atoms with van der Waals surface area (Å²) in [7, 11) is 0. The highest BCUT2D eigenvalue weighted by Gasteiger charge is 2.22. The maximum atomic E-state index is 12.1. The average molecular weight is 272 g/mol. The number of carbonyl (C=O) groups is 1. The number of anilines is 1. The molecule has 1 aromatic carbocycles. The summed E-state index contributed by atoms with van der Waals surface area (Å²) in [5.41, 5.74) is 3.25. The number of fused-ring (bicyclic) bond motifs is 1. The van der Waals surface area contributed by atoms with Crippen molar-refractivity contribution in [2.45, 2.75) is 41.0 Å². The third-order valence-corrected chi connectivity index (χ3v) is 4.01. The quantitative estimate of drug-likeness (QED) is 0.849. The summed E-state index contributed by atoms with van der Waals surface area (Å²) in [6.45, 7) is 10.7. The standard InChI is InChI=1S/C17H24N2O/c1-11(17(3,4)5)8-16(20)19-14-6-7-15-13(10-14)9-12(2)18-15/h6-7,9-11,18H,8H2,1-5H3,(H,19,20). The molecule has 0 aliphatic heterocycles. The van der Waals surface area contributed by atoms with Gasteiger partial charge in [0, 0.05) is 28.7 Å². The first-order valence-electron chi connectivity index (χ1n) is 7.15. The maximum Gasteiger partial charge on any atom is 0.224 e. The van der Waals surface area contributed by atoms with Crippen LogP contribution in [-0.4, -0.2) is 10.9 Å². The number of nitrogens with one attached hydrogen (secondary N) is 2. The van der Waals surface area contributed by atoms with Gasteiger partial charge in [-0.3, -0.25) is 4.79 Å². The Morgan fingerprint density at radius 3 is 2.65 bits per heavy atom. The van der Waals surface area contributed by atoms with E-state index in [2.05, 4.69) is 44.1 Å². The number of hydrogen-bond acceptors (Lipinski definition) is 1. The normalized spacial score (nSPS) is 13.4. The van der Waals surface area contributed by atoms with Crippen LogP contribution >= 0.6 is 0 Å². The van der Waals surface area contributed by atoms with Gasteiger partial charge in [-0.15, -0.1) is 0 Å². The number of hydrogen-bond donors (Lipinski definition) is 2. The van der Waals surface area contributed by atoms with Crippen LogP contribution in [0.1, 0.15) is 39.8 Å². The van der Waals surface area contributed by atoms with Crippen molar-refractivity contribution in [2.75, 3.05) is 5.32 Å². The molecule has 1 aromatic heterocycles. The zero-order valence-electron chi connectivity index (χ0n) is 13.0. The van der Waals surface area contributed by atoms with Gasteiger partial charge in [-0.1, -0.05) is 27.7 Å². The third kappa shape index (κ3) is 3.41. The highest BCUT2D eigenvalue weighted by atomic mass is 16.1. The van der Waals surface area contributed by atoms with Gasteiger partial charge < -0.3 is 10.3 Å². The Bertz CT molecular complexity index is 619. The van der Waals surface area contributed by atoms with Crippen LogP contribution in [0.3, 0.4) is 0 Å². The second-order valence-electron chi connectivity index (χ2n) is 6.77. The zero-order valence-corrected chi connectivity index (χ0v) is 13.0. The summed E-state index contributed by atoms with van der Waals surface area (Å²) >= 11 is 0. The second-order valence-corrected chi connectivity index (χ2v) is 6.77. The minimum atomic E-state index is 0.0824. The average Bonchev–Trinajstić information content (AvgIpc) is 2.66. The molecule has 0 bridgehead atoms. The Labute approximate surface area is 120 Å². The lowest BCUT2D eigenvalue weighted by Crippen LogP contribution is -2.23. The Hall–Kier alpha value is -1.77. The summed E-state index contributed by atoms with van der Waals surface area (Å²) in [4.78, 5) is 15.4. The summed E-state index contributed by atoms with van der Waals surface area (Å²) in [6, 6.07) is 8.05. The van der Waals surface area contributed by atoms with Gasteiger partial charge in [-0.05, 0) is 42.5 Å². The number of amides is 1. The lowest BCUT2D eigenvalue weighted by Gasteiger charge is -2.26. The molecular weight excluding hydrogens is 248 g/mol. The number of rotatable bonds is 3. The maximum absolute atomic E-state index is 12.1. The molecule has 0 spiro atoms. The number of H-pyrrole nitrogens is 1. The first kappa shape index (κ1) is 14.6. The van der Waals surface area contributed by atoms with Crippen LogP contribution in [0.15, 0.2) is 24.3 Å². The predicted molar refractivity (Wildman–Crippen MR) is 84.9 cm³/mol. The van der Waals surface area contributed by atoms with Crippen LogP contribution in [0.25, 0.3) is 10.9 Å². The molecule has 3 heteroatoms. The Morgan fingerprint density at radius 1 is 1.30 bits per heavy atom. The van der Waals surface area contributed by atoms with Crippen molar-refractivity contribution < 1.29 is 4.79 Å². The molecule has 20 heavy (non-hydrogen) atoms. The molecule has 0 aliphatic rings. The first-order chi connectivity index (χ1) is 9.25. The largest absolute Gasteiger partial charge is 0.359 e. The third-order valence-electron chi connectivity index (χ3n) is 4.01. The van der Waals surface area contributed by atoms with Crippen molar-refractivity contribution in [3.8, 4) is 0 Å². The Morgan fingerprint density at radius 2 is 2.00 bits per heavy atom. The molecule has 1 amide bonds. The van der Waals surface area contributed by atoms with Gasteiger partial charge >= 0.3 is 0 Å². The van der Waals surface area contributed by atoms with Gasteiger partial charge in [0.1, 0.15) is 0 Å². The van der Waals surface area contributed by atoms with Crippen molar-refractivity contribution >= 4 is 22.5 Å². The SMILES string of the molecule is Cc1cc2cc(NC(=O)CC(C)C(C)(C)C)ccc2[nH]1. The van der Waals surface area contributed by atoms with E-state index >= 15 is 0 Å². The molecule has 0 saturated carbocycles. The molecule has 1 unspecified atom stereocenters. The molecule has 108 valence electrons. The van der Waals surface area contributed by atoms with Gasteiger partial charge in [-0.25, -0.2) is 0 Å². The van der Waals surface area contributed by atoms with E-state index in [0.717, 1.165) is 22.3 Å². The van der Waals surface area contributed by atoms with Crippen molar-refractivity contribution in [1.29, 1.82) is 0 Å². The fourth-order valence-electron chi connectivity index (χ4n) is 2.15. The molecule has 2 rings (SSSR count). The van der Waals surface area contributed by atoms with E-state index in [1.165, 1.54) is 0 Å². The lowest BCUT2D eigenvalue weighted by molar-refractivity contribution is -0.117. The van der Waals surface area contributed by atoms with E-state index in [1.54, 1.807) is 0 Å². The summed E-state index contributed by atoms with van der Waals surface area (Å²) in [5.74, 6) is 0.430. The first-order valence-corrected chi connectivity index (χ1v) is 7.15. The van der Waals surface area contributed by atoms with Crippen molar-refractivity contribution in [3.63, 3.8) is 0 Å². The van der Waals surface area contributed by atoms with Crippen LogP contribution in [0, 0.1) is 18.3 Å². The van der Waals surface area contributed by atoms with E-state index < -0.39 is 0 Å². The lowest BCUT2D eigenvalue weighted by atomic mass is 9.80. The second kappa shape index (κ2) is 5.31. The molecular formula is C17H24N2O. The Balaban J connectivity index is 2.06. The summed E-state index contributed by atoms with van der Waals surface area (Å²) < 4.78 is 0. The Kier molecular flexibility index (Phi) is 3.89. The fraction of sp³-hybridized carbons (Fsp3) is 0.471. The van der Waals surface area contributed by atoms with Crippen LogP contribution in [-0.2, 0) is 4.79 Å². The minimum Gasteiger partial charge on any atom is -0.359 e. The molecule has 0 fully saturated rings. The molecule has 2 N–H and O–H groups in total. The van der Waals surface area contributed by atoms with Crippen molar-refractivity contribution in [3.05, 3.63) is 30.0 Å². The van der Waals surface area contributed by atoms with E-state index in [0.29, 0.717) is 12.3 Å². The van der Waals surface area contributed by atoms with E-state index in [4.69, 9.17) is 0 Å². The number of benzene rings is 1. The number of aryl methyl sites for hydroxylation is 1. The minimum absolute atomic E-state index is 0.0824. The molecule has 1 atom stereocenters. The molecule has 3 nitrogen and oxygen atoms in total. The number of aromatic nitrogens is 1. The van der Waals surface area contributed by atoms with Gasteiger partial charge in [0.2, 0.25) is 5.91 Å². The van der Waals surface area contributed by atoms with Crippen molar-refractivity contribution in [1.82, 2.24) is 4.98 Å². The number of carbonyl (C=O) groups excluding carboxylic acids is 1. The van der Waals surface area contributed by atoms with Gasteiger partial charge in [0.15, 0.2) is 0 Å². The van der Waals surface area contributed by atoms with Crippen LogP contribution in [0.4, 0.5) is 5.69 Å². The fourth-order valence-corrected chi connectivity index (χ4v) is 2.15. The topological polar surface area (TPSA) is 44.9 Å². The van der Waals surface area contributed by atoms with Gasteiger partial charge in [0.05, 0.1) is 0 Å². The van der Waals surface area contributed by atoms with Gasteiger partial charge in [-0.2, -0.15) is 0 Å². The highest BCUT2D eigenvalue weighted by molar-refractivity contribution is 5.94. The van der Waals surface area contributed by atoms with Crippen LogP contribution < -0.4 is 5.32 Å². The monoisotopic (exact) mass is 272 g/mol. The highest BCUT2D eigenvalue weighted by Crippen LogP contribution is 2.28. The van der Waals surface area contributed by atoms with E-state index in [9.17, 15) is 4.79 Å². The molecule has 0 aliphatic carbocycles. The van der Waals surface area contributed by atoms with E-state index in [-0.39, 0.29) is 11.3 Å². The smallest absolute Gasteiger partial charge is 0.224 e. The predicted octanol–water partition coefficient (Wildman–Crippen LogP) is 4.49. The van der Waals surface area contributed by atoms with Gasteiger partial charge in [0.25, 0.3) is 0 Å². The molecule has 1 heterocycles. The summed E-state index contributed by atoms with van der Waals surface area (Å²) in [6.07, 6.45) is 0.549. The van der Waals surface area contributed by atoms with Crippen LogP contribution in [0.5, 0.6) is 0 Å². The van der Waals surface area contributed by atoms with Crippen molar-refractivity contribution in [2.24, 2.45) is 11.3 Å². The molecule has 0 saturated heterocycles. The molecule has 0 radical (unpaired) electrons.